The number of benzene rings is 2. The third kappa shape index (κ3) is 3.00. The molecule has 0 aliphatic carbocycles. The number of nitrogens with zero attached hydrogens (tertiary/aromatic N) is 2. The van der Waals surface area contributed by atoms with Crippen LogP contribution >= 0.6 is 15.9 Å². The zero-order valence-corrected chi connectivity index (χ0v) is 13.4. The number of halogens is 1. The van der Waals surface area contributed by atoms with Crippen LogP contribution in [0, 0.1) is 0 Å². The monoisotopic (exact) mass is 374 g/mol. The lowest BCUT2D eigenvalue weighted by Crippen LogP contribution is -1.95. The van der Waals surface area contributed by atoms with Crippen LogP contribution in [0.2, 0.25) is 0 Å². The largest absolute Gasteiger partial charge is 0.484 e. The molecule has 0 saturated carbocycles. The molecule has 0 spiro atoms. The SMILES string of the molecule is Brc1ccc(-c2nnc(COc3ccc4c(c3)OCO4)o2)cc1. The number of fused-ring (bicyclic) bond motifs is 1. The normalized spacial score (nSPS) is 12.4. The van der Waals surface area contributed by atoms with E-state index in [9.17, 15) is 0 Å². The van der Waals surface area contributed by atoms with Gasteiger partial charge < -0.3 is 18.6 Å². The van der Waals surface area contributed by atoms with E-state index in [1.54, 1.807) is 18.2 Å². The zero-order valence-electron chi connectivity index (χ0n) is 11.9. The molecule has 2 aromatic carbocycles. The molecule has 0 amide bonds. The molecule has 0 fully saturated rings. The predicted octanol–water partition coefficient (Wildman–Crippen LogP) is 3.81. The Morgan fingerprint density at radius 1 is 1.00 bits per heavy atom. The first-order valence-electron chi connectivity index (χ1n) is 6.89. The molecule has 4 rings (SSSR count). The predicted molar refractivity (Wildman–Crippen MR) is 84.3 cm³/mol. The number of ether oxygens (including phenoxy) is 3. The lowest BCUT2D eigenvalue weighted by molar-refractivity contribution is 0.173. The molecule has 0 N–H and O–H groups in total. The minimum Gasteiger partial charge on any atom is -0.484 e. The minimum absolute atomic E-state index is 0.184. The molecular formula is C16H11BrN2O4. The van der Waals surface area contributed by atoms with Crippen LogP contribution in [-0.2, 0) is 6.61 Å². The standard InChI is InChI=1S/C16H11BrN2O4/c17-11-3-1-10(2-4-11)16-19-18-15(23-16)8-20-12-5-6-13-14(7-12)22-9-21-13/h1-7H,8-9H2. The summed E-state index contributed by atoms with van der Waals surface area (Å²) in [5.41, 5.74) is 0.857. The number of hydrogen-bond donors (Lipinski definition) is 0. The molecular weight excluding hydrogens is 364 g/mol. The van der Waals surface area contributed by atoms with Crippen molar-refractivity contribution in [2.45, 2.75) is 6.61 Å². The highest BCUT2D eigenvalue weighted by molar-refractivity contribution is 9.10. The van der Waals surface area contributed by atoms with Gasteiger partial charge in [-0.05, 0) is 36.4 Å². The summed E-state index contributed by atoms with van der Waals surface area (Å²) in [5, 5.41) is 8.02. The van der Waals surface area contributed by atoms with E-state index in [-0.39, 0.29) is 13.4 Å². The van der Waals surface area contributed by atoms with Gasteiger partial charge in [-0.25, -0.2) is 0 Å². The summed E-state index contributed by atoms with van der Waals surface area (Å²) in [6, 6.07) is 13.0. The van der Waals surface area contributed by atoms with E-state index >= 15 is 0 Å². The summed E-state index contributed by atoms with van der Waals surface area (Å²) in [6.45, 7) is 0.419. The van der Waals surface area contributed by atoms with Gasteiger partial charge in [-0.2, -0.15) is 0 Å². The molecule has 1 aliphatic heterocycles. The Balaban J connectivity index is 1.44. The van der Waals surface area contributed by atoms with Crippen LogP contribution in [0.25, 0.3) is 11.5 Å². The molecule has 0 saturated heterocycles. The lowest BCUT2D eigenvalue weighted by atomic mass is 10.2. The summed E-state index contributed by atoms with van der Waals surface area (Å²) in [6.07, 6.45) is 0. The quantitative estimate of drug-likeness (QED) is 0.691. The highest BCUT2D eigenvalue weighted by Crippen LogP contribution is 2.35. The van der Waals surface area contributed by atoms with Crippen LogP contribution in [-0.4, -0.2) is 17.0 Å². The Morgan fingerprint density at radius 2 is 1.83 bits per heavy atom. The Bertz CT molecular complexity index is 832. The van der Waals surface area contributed by atoms with Crippen LogP contribution in [0.3, 0.4) is 0 Å². The molecule has 23 heavy (non-hydrogen) atoms. The van der Waals surface area contributed by atoms with E-state index in [4.69, 9.17) is 18.6 Å². The second kappa shape index (κ2) is 5.92. The van der Waals surface area contributed by atoms with Crippen molar-refractivity contribution in [1.29, 1.82) is 0 Å². The molecule has 3 aromatic rings. The summed E-state index contributed by atoms with van der Waals surface area (Å²) >= 11 is 3.39. The van der Waals surface area contributed by atoms with Gasteiger partial charge in [0.25, 0.3) is 5.89 Å². The molecule has 7 heteroatoms. The van der Waals surface area contributed by atoms with Gasteiger partial charge >= 0.3 is 0 Å². The molecule has 0 bridgehead atoms. The molecule has 116 valence electrons. The topological polar surface area (TPSA) is 66.6 Å². The summed E-state index contributed by atoms with van der Waals surface area (Å²) < 4.78 is 22.8. The maximum absolute atomic E-state index is 5.65. The average Bonchev–Trinajstić information content (AvgIpc) is 3.22. The third-order valence-corrected chi connectivity index (χ3v) is 3.79. The van der Waals surface area contributed by atoms with E-state index in [0.29, 0.717) is 29.0 Å². The van der Waals surface area contributed by atoms with Crippen molar-refractivity contribution in [3.63, 3.8) is 0 Å². The maximum Gasteiger partial charge on any atom is 0.254 e. The fourth-order valence-corrected chi connectivity index (χ4v) is 2.40. The van der Waals surface area contributed by atoms with Gasteiger partial charge in [-0.3, -0.25) is 0 Å². The Kier molecular flexibility index (Phi) is 3.63. The van der Waals surface area contributed by atoms with Gasteiger partial charge in [0.1, 0.15) is 5.75 Å². The molecule has 1 aliphatic rings. The molecule has 0 unspecified atom stereocenters. The first kappa shape index (κ1) is 14.1. The number of hydrogen-bond acceptors (Lipinski definition) is 6. The Morgan fingerprint density at radius 3 is 2.70 bits per heavy atom. The van der Waals surface area contributed by atoms with Crippen LogP contribution in [0.1, 0.15) is 5.89 Å². The maximum atomic E-state index is 5.65. The van der Waals surface area contributed by atoms with Crippen molar-refractivity contribution >= 4 is 15.9 Å². The van der Waals surface area contributed by atoms with E-state index < -0.39 is 0 Å². The number of aromatic nitrogens is 2. The zero-order chi connectivity index (χ0) is 15.6. The van der Waals surface area contributed by atoms with Crippen molar-refractivity contribution in [2.75, 3.05) is 6.79 Å². The van der Waals surface area contributed by atoms with E-state index in [2.05, 4.69) is 26.1 Å². The lowest BCUT2D eigenvalue weighted by Gasteiger charge is -2.04. The van der Waals surface area contributed by atoms with Crippen LogP contribution < -0.4 is 14.2 Å². The van der Waals surface area contributed by atoms with Crippen LogP contribution in [0.15, 0.2) is 51.4 Å². The molecule has 0 radical (unpaired) electrons. The second-order valence-electron chi connectivity index (χ2n) is 4.81. The first-order valence-corrected chi connectivity index (χ1v) is 7.68. The Labute approximate surface area is 140 Å². The molecule has 0 atom stereocenters. The van der Waals surface area contributed by atoms with Crippen LogP contribution in [0.4, 0.5) is 0 Å². The molecule has 1 aromatic heterocycles. The van der Waals surface area contributed by atoms with Gasteiger partial charge in [0.05, 0.1) is 0 Å². The highest BCUT2D eigenvalue weighted by Gasteiger charge is 2.14. The first-order chi connectivity index (χ1) is 11.3. The van der Waals surface area contributed by atoms with Crippen molar-refractivity contribution in [3.05, 3.63) is 52.8 Å². The molecule has 2 heterocycles. The fourth-order valence-electron chi connectivity index (χ4n) is 2.13. The van der Waals surface area contributed by atoms with E-state index in [1.807, 2.05) is 24.3 Å². The van der Waals surface area contributed by atoms with Gasteiger partial charge in [-0.1, -0.05) is 15.9 Å². The average molecular weight is 375 g/mol. The minimum atomic E-state index is 0.184. The van der Waals surface area contributed by atoms with Crippen molar-refractivity contribution in [1.82, 2.24) is 10.2 Å². The Hall–Kier alpha value is -2.54. The van der Waals surface area contributed by atoms with Gasteiger partial charge in [0, 0.05) is 16.1 Å². The van der Waals surface area contributed by atoms with Gasteiger partial charge in [-0.15, -0.1) is 10.2 Å². The highest BCUT2D eigenvalue weighted by atomic mass is 79.9. The van der Waals surface area contributed by atoms with Crippen molar-refractivity contribution in [2.24, 2.45) is 0 Å². The van der Waals surface area contributed by atoms with E-state index in [0.717, 1.165) is 10.0 Å². The fraction of sp³-hybridized carbons (Fsp3) is 0.125. The van der Waals surface area contributed by atoms with Crippen molar-refractivity contribution in [3.8, 4) is 28.7 Å². The molecule has 6 nitrogen and oxygen atoms in total. The third-order valence-electron chi connectivity index (χ3n) is 3.26. The van der Waals surface area contributed by atoms with E-state index in [1.165, 1.54) is 0 Å². The van der Waals surface area contributed by atoms with Crippen molar-refractivity contribution < 1.29 is 18.6 Å². The summed E-state index contributed by atoms with van der Waals surface area (Å²) in [4.78, 5) is 0. The summed E-state index contributed by atoms with van der Waals surface area (Å²) in [5.74, 6) is 2.90. The number of rotatable bonds is 4. The van der Waals surface area contributed by atoms with Gasteiger partial charge in [0.2, 0.25) is 12.7 Å². The van der Waals surface area contributed by atoms with Crippen LogP contribution in [0.5, 0.6) is 17.2 Å². The smallest absolute Gasteiger partial charge is 0.254 e. The summed E-state index contributed by atoms with van der Waals surface area (Å²) in [7, 11) is 0. The second-order valence-corrected chi connectivity index (χ2v) is 5.73. The van der Waals surface area contributed by atoms with Gasteiger partial charge in [0.15, 0.2) is 18.1 Å².